The molecule has 0 aliphatic heterocycles. The van der Waals surface area contributed by atoms with E-state index in [-0.39, 0.29) is 12.2 Å². The first-order valence-corrected chi connectivity index (χ1v) is 7.53. The second-order valence-electron chi connectivity index (χ2n) is 4.70. The highest BCUT2D eigenvalue weighted by atomic mass is 35.5. The van der Waals surface area contributed by atoms with Crippen molar-refractivity contribution in [3.05, 3.63) is 63.6 Å². The molecule has 4 nitrogen and oxygen atoms in total. The molecule has 0 radical (unpaired) electrons. The van der Waals surface area contributed by atoms with Gasteiger partial charge in [0.15, 0.2) is 6.10 Å². The molecule has 0 heterocycles. The van der Waals surface area contributed by atoms with E-state index in [1.165, 1.54) is 6.92 Å². The van der Waals surface area contributed by atoms with E-state index in [9.17, 15) is 4.79 Å². The van der Waals surface area contributed by atoms with E-state index in [4.69, 9.17) is 37.9 Å². The molecule has 0 aliphatic rings. The lowest BCUT2D eigenvalue weighted by Crippen LogP contribution is -2.14. The van der Waals surface area contributed by atoms with Crippen molar-refractivity contribution < 1.29 is 14.3 Å². The van der Waals surface area contributed by atoms with E-state index in [1.807, 2.05) is 6.07 Å². The zero-order valence-electron chi connectivity index (χ0n) is 12.3. The van der Waals surface area contributed by atoms with Crippen LogP contribution >= 0.6 is 23.2 Å². The Kier molecular flexibility index (Phi) is 5.86. The maximum Gasteiger partial charge on any atom is 0.343 e. The molecule has 2 rings (SSSR count). The van der Waals surface area contributed by atoms with Crippen molar-refractivity contribution in [2.45, 2.75) is 19.6 Å². The Bertz CT molecular complexity index is 756. The predicted octanol–water partition coefficient (Wildman–Crippen LogP) is 4.64. The third kappa shape index (κ3) is 4.62. The number of para-hydroxylation sites is 1. The molecular weight excluding hydrogens is 337 g/mol. The number of rotatable bonds is 5. The molecular formula is C17H13Cl2NO3. The summed E-state index contributed by atoms with van der Waals surface area (Å²) in [4.78, 5) is 12.1. The Morgan fingerprint density at radius 3 is 2.70 bits per heavy atom. The molecule has 118 valence electrons. The Hall–Kier alpha value is -2.22. The van der Waals surface area contributed by atoms with Crippen LogP contribution in [0.15, 0.2) is 42.5 Å². The Morgan fingerprint density at radius 2 is 2.00 bits per heavy atom. The predicted molar refractivity (Wildman–Crippen MR) is 87.7 cm³/mol. The van der Waals surface area contributed by atoms with Crippen molar-refractivity contribution in [3.63, 3.8) is 0 Å². The third-order valence-electron chi connectivity index (χ3n) is 2.97. The van der Waals surface area contributed by atoms with Crippen LogP contribution in [-0.4, -0.2) is 12.1 Å². The Morgan fingerprint density at radius 1 is 1.26 bits per heavy atom. The molecule has 0 aromatic heterocycles. The summed E-state index contributed by atoms with van der Waals surface area (Å²) in [6, 6.07) is 13.6. The summed E-state index contributed by atoms with van der Waals surface area (Å²) in [6.45, 7) is 1.67. The maximum absolute atomic E-state index is 12.1. The molecule has 0 bridgehead atoms. The van der Waals surface area contributed by atoms with Crippen LogP contribution in [0.25, 0.3) is 0 Å². The highest BCUT2D eigenvalue weighted by molar-refractivity contribution is 6.35. The topological polar surface area (TPSA) is 59.3 Å². The number of nitrogens with zero attached hydrogens (tertiary/aromatic N) is 1. The monoisotopic (exact) mass is 349 g/mol. The highest BCUT2D eigenvalue weighted by Crippen LogP contribution is 2.25. The van der Waals surface area contributed by atoms with Gasteiger partial charge in [-0.1, -0.05) is 41.4 Å². The molecule has 0 fully saturated rings. The minimum absolute atomic E-state index is 0.175. The highest BCUT2D eigenvalue weighted by Gasteiger charge is 2.16. The number of hydrogen-bond acceptors (Lipinski definition) is 4. The zero-order chi connectivity index (χ0) is 16.8. The zero-order valence-corrected chi connectivity index (χ0v) is 13.8. The van der Waals surface area contributed by atoms with E-state index >= 15 is 0 Å². The minimum Gasteiger partial charge on any atom is -0.488 e. The number of halogens is 2. The standard InChI is InChI=1S/C17H13Cl2NO3/c1-11(9-20)23-17(21)14-4-2-3-5-16(14)22-10-12-6-7-13(18)8-15(12)19/h2-8,11H,10H2,1H3/t11-/m1/s1. The fourth-order valence-electron chi connectivity index (χ4n) is 1.81. The molecule has 0 amide bonds. The molecule has 6 heteroatoms. The number of ether oxygens (including phenoxy) is 2. The van der Waals surface area contributed by atoms with Crippen molar-refractivity contribution in [2.24, 2.45) is 0 Å². The average molecular weight is 350 g/mol. The molecule has 1 atom stereocenters. The normalized spacial score (nSPS) is 11.4. The minimum atomic E-state index is -0.832. The second kappa shape index (κ2) is 7.87. The summed E-state index contributed by atoms with van der Waals surface area (Å²) in [7, 11) is 0. The van der Waals surface area contributed by atoms with Crippen LogP contribution in [0.3, 0.4) is 0 Å². The molecule has 0 spiro atoms. The van der Waals surface area contributed by atoms with Gasteiger partial charge in [-0.3, -0.25) is 0 Å². The van der Waals surface area contributed by atoms with E-state index in [2.05, 4.69) is 0 Å². The first kappa shape index (κ1) is 17.1. The molecule has 2 aromatic rings. The molecule has 0 N–H and O–H groups in total. The number of carbonyl (C=O) groups is 1. The molecule has 0 saturated heterocycles. The van der Waals surface area contributed by atoms with Crippen molar-refractivity contribution in [3.8, 4) is 11.8 Å². The van der Waals surface area contributed by atoms with E-state index in [0.717, 1.165) is 5.56 Å². The second-order valence-corrected chi connectivity index (χ2v) is 5.54. The smallest absolute Gasteiger partial charge is 0.343 e. The van der Waals surface area contributed by atoms with E-state index in [1.54, 1.807) is 42.5 Å². The summed E-state index contributed by atoms with van der Waals surface area (Å²) in [5.74, 6) is -0.259. The van der Waals surface area contributed by atoms with Gasteiger partial charge in [-0.25, -0.2) is 4.79 Å². The number of nitriles is 1. The number of esters is 1. The van der Waals surface area contributed by atoms with Gasteiger partial charge >= 0.3 is 5.97 Å². The van der Waals surface area contributed by atoms with Crippen LogP contribution in [0, 0.1) is 11.3 Å². The van der Waals surface area contributed by atoms with Crippen molar-refractivity contribution in [1.82, 2.24) is 0 Å². The third-order valence-corrected chi connectivity index (χ3v) is 3.56. The first-order chi connectivity index (χ1) is 11.0. The lowest BCUT2D eigenvalue weighted by molar-refractivity contribution is 0.0430. The van der Waals surface area contributed by atoms with Gasteiger partial charge in [-0.2, -0.15) is 5.26 Å². The summed E-state index contributed by atoms with van der Waals surface area (Å²) >= 11 is 11.9. The first-order valence-electron chi connectivity index (χ1n) is 6.77. The average Bonchev–Trinajstić information content (AvgIpc) is 2.54. The van der Waals surface area contributed by atoms with Crippen LogP contribution in [0.4, 0.5) is 0 Å². The quantitative estimate of drug-likeness (QED) is 0.737. The lowest BCUT2D eigenvalue weighted by Gasteiger charge is -2.12. The molecule has 0 aliphatic carbocycles. The number of hydrogen-bond donors (Lipinski definition) is 0. The van der Waals surface area contributed by atoms with E-state index in [0.29, 0.717) is 15.8 Å². The number of benzene rings is 2. The van der Waals surface area contributed by atoms with Gasteiger partial charge in [-0.15, -0.1) is 0 Å². The fourth-order valence-corrected chi connectivity index (χ4v) is 2.27. The van der Waals surface area contributed by atoms with Crippen molar-refractivity contribution >= 4 is 29.2 Å². The van der Waals surface area contributed by atoms with Crippen LogP contribution in [0.5, 0.6) is 5.75 Å². The Labute approximate surface area is 144 Å². The summed E-state index contributed by atoms with van der Waals surface area (Å²) in [5.41, 5.74) is 0.990. The van der Waals surface area contributed by atoms with Gasteiger partial charge < -0.3 is 9.47 Å². The van der Waals surface area contributed by atoms with Gasteiger partial charge in [0.05, 0.1) is 0 Å². The van der Waals surface area contributed by atoms with Crippen LogP contribution in [0.2, 0.25) is 10.0 Å². The largest absolute Gasteiger partial charge is 0.488 e. The van der Waals surface area contributed by atoms with E-state index < -0.39 is 12.1 Å². The molecule has 0 unspecified atom stereocenters. The van der Waals surface area contributed by atoms with Crippen LogP contribution in [0.1, 0.15) is 22.8 Å². The Balaban J connectivity index is 2.14. The van der Waals surface area contributed by atoms with Gasteiger partial charge in [0, 0.05) is 15.6 Å². The van der Waals surface area contributed by atoms with Crippen molar-refractivity contribution in [1.29, 1.82) is 5.26 Å². The molecule has 23 heavy (non-hydrogen) atoms. The SMILES string of the molecule is C[C@H](C#N)OC(=O)c1ccccc1OCc1ccc(Cl)cc1Cl. The lowest BCUT2D eigenvalue weighted by atomic mass is 10.2. The molecule has 0 saturated carbocycles. The van der Waals surface area contributed by atoms with Gasteiger partial charge in [-0.05, 0) is 31.2 Å². The van der Waals surface area contributed by atoms with Gasteiger partial charge in [0.1, 0.15) is 24.0 Å². The number of carbonyl (C=O) groups excluding carboxylic acids is 1. The fraction of sp³-hybridized carbons (Fsp3) is 0.176. The van der Waals surface area contributed by atoms with Crippen LogP contribution < -0.4 is 4.74 Å². The summed E-state index contributed by atoms with van der Waals surface area (Å²) < 4.78 is 10.7. The van der Waals surface area contributed by atoms with Crippen LogP contribution in [-0.2, 0) is 11.3 Å². The van der Waals surface area contributed by atoms with Crippen molar-refractivity contribution in [2.75, 3.05) is 0 Å². The summed E-state index contributed by atoms with van der Waals surface area (Å²) in [5, 5.41) is 9.74. The molecule has 2 aromatic carbocycles. The summed E-state index contributed by atoms with van der Waals surface area (Å²) in [6.07, 6.45) is -0.832. The van der Waals surface area contributed by atoms with Gasteiger partial charge in [0.25, 0.3) is 0 Å². The maximum atomic E-state index is 12.1. The van der Waals surface area contributed by atoms with Gasteiger partial charge in [0.2, 0.25) is 0 Å².